The zero-order chi connectivity index (χ0) is 10.3. The van der Waals surface area contributed by atoms with Crippen LogP contribution >= 0.6 is 0 Å². The van der Waals surface area contributed by atoms with Crippen LogP contribution in [-0.4, -0.2) is 9.67 Å². The van der Waals surface area contributed by atoms with E-state index >= 15 is 0 Å². The Hall–Kier alpha value is -1.28. The summed E-state index contributed by atoms with van der Waals surface area (Å²) < 4.78 is 2.17. The number of hydrogen-bond acceptors (Lipinski definition) is 1. The molecule has 0 saturated heterocycles. The molecule has 2 rings (SSSR count). The van der Waals surface area contributed by atoms with Crippen LogP contribution in [-0.2, 0) is 13.7 Å². The van der Waals surface area contributed by atoms with Crippen molar-refractivity contribution in [3.05, 3.63) is 35.0 Å². The van der Waals surface area contributed by atoms with Gasteiger partial charge in [0.15, 0.2) is 0 Å². The Labute approximate surface area is 83.8 Å². The van der Waals surface area contributed by atoms with Crippen molar-refractivity contribution >= 4 is 10.9 Å². The van der Waals surface area contributed by atoms with Crippen LogP contribution in [0.2, 0.25) is 0 Å². The molecule has 0 bridgehead atoms. The van der Waals surface area contributed by atoms with Crippen LogP contribution in [0.25, 0.3) is 10.9 Å². The molecule has 2 heteroatoms. The minimum Gasteiger partial charge on any atom is -0.392 e. The van der Waals surface area contributed by atoms with E-state index in [4.69, 9.17) is 5.11 Å². The maximum absolute atomic E-state index is 9.05. The van der Waals surface area contributed by atoms with E-state index in [9.17, 15) is 0 Å². The van der Waals surface area contributed by atoms with Gasteiger partial charge in [-0.25, -0.2) is 0 Å². The smallest absolute Gasteiger partial charge is 0.0682 e. The van der Waals surface area contributed by atoms with Crippen LogP contribution in [0.3, 0.4) is 0 Å². The zero-order valence-corrected chi connectivity index (χ0v) is 8.83. The molecule has 2 nitrogen and oxygen atoms in total. The SMILES string of the molecule is Cc1c(C)n(C)c2cc(CO)ccc12. The second-order valence-corrected chi connectivity index (χ2v) is 3.78. The average Bonchev–Trinajstić information content (AvgIpc) is 2.44. The molecular weight excluding hydrogens is 174 g/mol. The quantitative estimate of drug-likeness (QED) is 0.731. The third-order valence-corrected chi connectivity index (χ3v) is 3.06. The number of aliphatic hydroxyl groups excluding tert-OH is 1. The monoisotopic (exact) mass is 189 g/mol. The summed E-state index contributed by atoms with van der Waals surface area (Å²) in [6, 6.07) is 6.12. The van der Waals surface area contributed by atoms with E-state index in [1.54, 1.807) is 0 Å². The lowest BCUT2D eigenvalue weighted by Crippen LogP contribution is -1.91. The van der Waals surface area contributed by atoms with Gasteiger partial charge in [0, 0.05) is 23.6 Å². The molecule has 0 fully saturated rings. The molecule has 74 valence electrons. The minimum atomic E-state index is 0.110. The van der Waals surface area contributed by atoms with Crippen molar-refractivity contribution in [1.82, 2.24) is 4.57 Å². The molecule has 0 unspecified atom stereocenters. The highest BCUT2D eigenvalue weighted by molar-refractivity contribution is 5.85. The molecular formula is C12H15NO. The highest BCUT2D eigenvalue weighted by Gasteiger charge is 2.07. The minimum absolute atomic E-state index is 0.110. The van der Waals surface area contributed by atoms with Gasteiger partial charge in [0.1, 0.15) is 0 Å². The molecule has 1 N–H and O–H groups in total. The summed E-state index contributed by atoms with van der Waals surface area (Å²) >= 11 is 0. The Balaban J connectivity index is 2.82. The van der Waals surface area contributed by atoms with Crippen molar-refractivity contribution in [1.29, 1.82) is 0 Å². The first-order chi connectivity index (χ1) is 6.65. The first-order valence-electron chi connectivity index (χ1n) is 4.80. The number of benzene rings is 1. The predicted molar refractivity (Wildman–Crippen MR) is 58.3 cm³/mol. The van der Waals surface area contributed by atoms with Crippen LogP contribution in [0, 0.1) is 13.8 Å². The molecule has 0 amide bonds. The summed E-state index contributed by atoms with van der Waals surface area (Å²) in [5.41, 5.74) is 4.78. The van der Waals surface area contributed by atoms with E-state index in [0.717, 1.165) is 5.56 Å². The zero-order valence-electron chi connectivity index (χ0n) is 8.83. The van der Waals surface area contributed by atoms with Crippen molar-refractivity contribution in [2.45, 2.75) is 20.5 Å². The van der Waals surface area contributed by atoms with Crippen LogP contribution in [0.4, 0.5) is 0 Å². The van der Waals surface area contributed by atoms with Gasteiger partial charge in [-0.05, 0) is 31.0 Å². The summed E-state index contributed by atoms with van der Waals surface area (Å²) in [6.07, 6.45) is 0. The number of aromatic nitrogens is 1. The second-order valence-electron chi connectivity index (χ2n) is 3.78. The van der Waals surface area contributed by atoms with Gasteiger partial charge in [-0.3, -0.25) is 0 Å². The summed E-state index contributed by atoms with van der Waals surface area (Å²) in [4.78, 5) is 0. The van der Waals surface area contributed by atoms with E-state index in [0.29, 0.717) is 0 Å². The molecule has 0 spiro atoms. The standard InChI is InChI=1S/C12H15NO/c1-8-9(2)13(3)12-6-10(7-14)4-5-11(8)12/h4-6,14H,7H2,1-3H3. The highest BCUT2D eigenvalue weighted by atomic mass is 16.3. The first kappa shape index (κ1) is 9.28. The largest absolute Gasteiger partial charge is 0.392 e. The maximum Gasteiger partial charge on any atom is 0.0682 e. The van der Waals surface area contributed by atoms with Gasteiger partial charge in [-0.1, -0.05) is 12.1 Å². The van der Waals surface area contributed by atoms with Gasteiger partial charge in [0.2, 0.25) is 0 Å². The van der Waals surface area contributed by atoms with Gasteiger partial charge in [-0.15, -0.1) is 0 Å². The Morgan fingerprint density at radius 1 is 1.29 bits per heavy atom. The van der Waals surface area contributed by atoms with E-state index < -0.39 is 0 Å². The summed E-state index contributed by atoms with van der Waals surface area (Å²) in [5.74, 6) is 0. The fraction of sp³-hybridized carbons (Fsp3) is 0.333. The predicted octanol–water partition coefficient (Wildman–Crippen LogP) is 2.29. The topological polar surface area (TPSA) is 25.2 Å². The number of fused-ring (bicyclic) bond motifs is 1. The van der Waals surface area contributed by atoms with E-state index in [-0.39, 0.29) is 6.61 Å². The molecule has 1 aromatic carbocycles. The van der Waals surface area contributed by atoms with Gasteiger partial charge in [0.05, 0.1) is 6.61 Å². The van der Waals surface area contributed by atoms with Crippen molar-refractivity contribution in [3.63, 3.8) is 0 Å². The molecule has 0 saturated carbocycles. The van der Waals surface area contributed by atoms with Gasteiger partial charge in [0.25, 0.3) is 0 Å². The summed E-state index contributed by atoms with van der Waals surface area (Å²) in [6.45, 7) is 4.36. The molecule has 1 heterocycles. The van der Waals surface area contributed by atoms with Crippen LogP contribution < -0.4 is 0 Å². The molecule has 2 aromatic rings. The number of aliphatic hydroxyl groups is 1. The number of hydrogen-bond donors (Lipinski definition) is 1. The van der Waals surface area contributed by atoms with E-state index in [1.165, 1.54) is 22.2 Å². The summed E-state index contributed by atoms with van der Waals surface area (Å²) in [5, 5.41) is 10.3. The molecule has 0 atom stereocenters. The first-order valence-corrected chi connectivity index (χ1v) is 4.80. The maximum atomic E-state index is 9.05. The van der Waals surface area contributed by atoms with Gasteiger partial charge in [-0.2, -0.15) is 0 Å². The van der Waals surface area contributed by atoms with Gasteiger partial charge >= 0.3 is 0 Å². The van der Waals surface area contributed by atoms with Crippen LogP contribution in [0.5, 0.6) is 0 Å². The molecule has 0 aliphatic carbocycles. The van der Waals surface area contributed by atoms with Crippen molar-refractivity contribution < 1.29 is 5.11 Å². The Bertz CT molecular complexity index is 483. The Kier molecular flexibility index (Phi) is 2.08. The third-order valence-electron chi connectivity index (χ3n) is 3.06. The lowest BCUT2D eigenvalue weighted by molar-refractivity contribution is 0.282. The average molecular weight is 189 g/mol. The van der Waals surface area contributed by atoms with Crippen molar-refractivity contribution in [2.24, 2.45) is 7.05 Å². The second kappa shape index (κ2) is 3.14. The number of rotatable bonds is 1. The lowest BCUT2D eigenvalue weighted by atomic mass is 10.1. The lowest BCUT2D eigenvalue weighted by Gasteiger charge is -2.00. The number of nitrogens with zero attached hydrogens (tertiary/aromatic N) is 1. The Morgan fingerprint density at radius 2 is 2.00 bits per heavy atom. The molecule has 0 aliphatic rings. The molecule has 1 aromatic heterocycles. The van der Waals surface area contributed by atoms with Crippen LogP contribution in [0.1, 0.15) is 16.8 Å². The Morgan fingerprint density at radius 3 is 2.64 bits per heavy atom. The van der Waals surface area contributed by atoms with Crippen molar-refractivity contribution in [2.75, 3.05) is 0 Å². The fourth-order valence-corrected chi connectivity index (χ4v) is 1.90. The molecule has 0 radical (unpaired) electrons. The summed E-state index contributed by atoms with van der Waals surface area (Å²) in [7, 11) is 2.06. The third kappa shape index (κ3) is 1.15. The molecule has 14 heavy (non-hydrogen) atoms. The normalized spacial score (nSPS) is 11.1. The highest BCUT2D eigenvalue weighted by Crippen LogP contribution is 2.24. The van der Waals surface area contributed by atoms with Crippen molar-refractivity contribution in [3.8, 4) is 0 Å². The van der Waals surface area contributed by atoms with Crippen LogP contribution in [0.15, 0.2) is 18.2 Å². The van der Waals surface area contributed by atoms with E-state index in [1.807, 2.05) is 6.07 Å². The molecule has 0 aliphatic heterocycles. The van der Waals surface area contributed by atoms with Gasteiger partial charge < -0.3 is 9.67 Å². The van der Waals surface area contributed by atoms with E-state index in [2.05, 4.69) is 37.6 Å². The number of aryl methyl sites for hydroxylation is 2. The fourth-order valence-electron chi connectivity index (χ4n) is 1.90.